The zero-order valence-electron chi connectivity index (χ0n) is 24.7. The topological polar surface area (TPSA) is 64.7 Å². The first-order chi connectivity index (χ1) is 23.3. The van der Waals surface area contributed by atoms with Gasteiger partial charge in [0.2, 0.25) is 0 Å². The van der Waals surface area contributed by atoms with Crippen LogP contribution in [0.15, 0.2) is 138 Å². The molecule has 0 aliphatic heterocycles. The largest absolute Gasteiger partial charge is 0.456 e. The van der Waals surface area contributed by atoms with Gasteiger partial charge in [-0.3, -0.25) is 0 Å². The number of rotatable bonds is 4. The normalized spacial score (nSPS) is 11.8. The van der Waals surface area contributed by atoms with E-state index in [9.17, 15) is 0 Å². The molecule has 0 amide bonds. The molecule has 4 heterocycles. The Morgan fingerprint density at radius 1 is 0.468 bits per heavy atom. The Kier molecular flexibility index (Phi) is 5.85. The van der Waals surface area contributed by atoms with Crippen LogP contribution in [0.5, 0.6) is 0 Å². The summed E-state index contributed by atoms with van der Waals surface area (Å²) in [5.74, 6) is 1.78. The summed E-state index contributed by atoms with van der Waals surface area (Å²) >= 11 is 3.49. The van der Waals surface area contributed by atoms with Crippen LogP contribution in [0.4, 0.5) is 0 Å². The average molecular weight is 639 g/mol. The van der Waals surface area contributed by atoms with Crippen LogP contribution in [-0.4, -0.2) is 19.9 Å². The van der Waals surface area contributed by atoms with Crippen molar-refractivity contribution in [2.45, 2.75) is 0 Å². The number of hydrogen-bond acceptors (Lipinski definition) is 7. The Bertz CT molecular complexity index is 2740. The quantitative estimate of drug-likeness (QED) is 0.192. The lowest BCUT2D eigenvalue weighted by Gasteiger charge is -2.10. The molecule has 6 aromatic carbocycles. The summed E-state index contributed by atoms with van der Waals surface area (Å²) in [4.78, 5) is 20.7. The zero-order valence-corrected chi connectivity index (χ0v) is 26.3. The second-order valence-corrected chi connectivity index (χ2v) is 13.5. The number of thiophene rings is 1. The summed E-state index contributed by atoms with van der Waals surface area (Å²) in [5, 5.41) is 5.43. The summed E-state index contributed by atoms with van der Waals surface area (Å²) in [7, 11) is 0. The molecule has 0 spiro atoms. The van der Waals surface area contributed by atoms with Gasteiger partial charge in [-0.1, -0.05) is 115 Å². The number of nitrogens with zero attached hydrogens (tertiary/aromatic N) is 4. The maximum atomic E-state index is 6.49. The summed E-state index contributed by atoms with van der Waals surface area (Å²) in [6.45, 7) is 0. The third-order valence-electron chi connectivity index (χ3n) is 8.58. The Hall–Kier alpha value is -5.76. The van der Waals surface area contributed by atoms with E-state index in [-0.39, 0.29) is 0 Å². The predicted molar refractivity (Wildman–Crippen MR) is 195 cm³/mol. The highest BCUT2D eigenvalue weighted by Crippen LogP contribution is 2.46. The van der Waals surface area contributed by atoms with E-state index in [1.54, 1.807) is 11.3 Å². The Balaban J connectivity index is 1.30. The SMILES string of the molecule is c1ccc(-c2nc(-c3ccccc3)nc(-c3c4nc(-c5cccc6c5sc5ccccc56)sc4cc4oc5ccccc5c34)n2)cc1. The van der Waals surface area contributed by atoms with Crippen LogP contribution in [0.1, 0.15) is 0 Å². The first-order valence-corrected chi connectivity index (χ1v) is 16.9. The standard InChI is InChI=1S/C40H22N4OS2/c1-3-12-23(13-4-1)37-42-38(24-14-5-2-6-15-24)44-39(43-37)34-33-27-17-7-9-20-29(27)45-30(33)22-32-35(34)41-40(47-32)28-19-11-18-26-25-16-8-10-21-31(25)46-36(26)28/h1-22H. The third kappa shape index (κ3) is 4.21. The first kappa shape index (κ1) is 26.5. The van der Waals surface area contributed by atoms with Crippen molar-refractivity contribution in [1.82, 2.24) is 19.9 Å². The van der Waals surface area contributed by atoms with Gasteiger partial charge in [0.15, 0.2) is 17.5 Å². The lowest BCUT2D eigenvalue weighted by molar-refractivity contribution is 0.669. The van der Waals surface area contributed by atoms with Crippen LogP contribution in [0.25, 0.3) is 97.1 Å². The smallest absolute Gasteiger partial charge is 0.167 e. The van der Waals surface area contributed by atoms with Gasteiger partial charge in [0.05, 0.1) is 15.8 Å². The molecule has 0 aliphatic carbocycles. The molecular weight excluding hydrogens is 617 g/mol. The van der Waals surface area contributed by atoms with Crippen molar-refractivity contribution in [2.75, 3.05) is 0 Å². The summed E-state index contributed by atoms with van der Waals surface area (Å²) in [6, 6.07) is 45.5. The number of thiazole rings is 1. The molecule has 0 atom stereocenters. The molecule has 47 heavy (non-hydrogen) atoms. The van der Waals surface area contributed by atoms with Gasteiger partial charge in [0.1, 0.15) is 16.2 Å². The summed E-state index contributed by atoms with van der Waals surface area (Å²) in [5.41, 5.74) is 6.28. The predicted octanol–water partition coefficient (Wildman–Crippen LogP) is 11.4. The molecule has 4 aromatic heterocycles. The molecule has 0 saturated heterocycles. The molecule has 0 aliphatic rings. The molecule has 220 valence electrons. The molecule has 0 radical (unpaired) electrons. The highest BCUT2D eigenvalue weighted by molar-refractivity contribution is 7.27. The van der Waals surface area contributed by atoms with Gasteiger partial charge in [-0.05, 0) is 12.1 Å². The molecule has 5 nitrogen and oxygen atoms in total. The van der Waals surface area contributed by atoms with Crippen LogP contribution in [0.2, 0.25) is 0 Å². The van der Waals surface area contributed by atoms with E-state index >= 15 is 0 Å². The van der Waals surface area contributed by atoms with Crippen LogP contribution in [-0.2, 0) is 0 Å². The molecule has 0 N–H and O–H groups in total. The highest BCUT2D eigenvalue weighted by Gasteiger charge is 2.24. The average Bonchev–Trinajstić information content (AvgIpc) is 3.84. The van der Waals surface area contributed by atoms with E-state index < -0.39 is 0 Å². The fourth-order valence-corrected chi connectivity index (χ4v) is 8.76. The van der Waals surface area contributed by atoms with Crippen molar-refractivity contribution in [3.05, 3.63) is 133 Å². The zero-order chi connectivity index (χ0) is 30.9. The molecule has 0 bridgehead atoms. The van der Waals surface area contributed by atoms with Crippen LogP contribution < -0.4 is 0 Å². The Labute approximate surface area is 276 Å². The van der Waals surface area contributed by atoms with E-state index in [1.165, 1.54) is 20.2 Å². The van der Waals surface area contributed by atoms with Gasteiger partial charge in [0.25, 0.3) is 0 Å². The lowest BCUT2D eigenvalue weighted by Crippen LogP contribution is -2.01. The number of benzene rings is 6. The minimum absolute atomic E-state index is 0.566. The molecule has 0 unspecified atom stereocenters. The van der Waals surface area contributed by atoms with E-state index in [4.69, 9.17) is 24.4 Å². The fraction of sp³-hybridized carbons (Fsp3) is 0. The van der Waals surface area contributed by atoms with E-state index in [0.717, 1.165) is 59.4 Å². The second kappa shape index (κ2) is 10.4. The van der Waals surface area contributed by atoms with Crippen molar-refractivity contribution in [3.8, 4) is 44.7 Å². The van der Waals surface area contributed by atoms with Crippen LogP contribution in [0.3, 0.4) is 0 Å². The monoisotopic (exact) mass is 638 g/mol. The van der Waals surface area contributed by atoms with E-state index in [1.807, 2.05) is 90.2 Å². The maximum absolute atomic E-state index is 6.49. The molecule has 10 aromatic rings. The molecule has 0 saturated carbocycles. The van der Waals surface area contributed by atoms with Crippen molar-refractivity contribution >= 4 is 75.0 Å². The minimum atomic E-state index is 0.566. The third-order valence-corrected chi connectivity index (χ3v) is 10.8. The number of hydrogen-bond donors (Lipinski definition) is 0. The first-order valence-electron chi connectivity index (χ1n) is 15.3. The minimum Gasteiger partial charge on any atom is -0.456 e. The van der Waals surface area contributed by atoms with Crippen molar-refractivity contribution in [1.29, 1.82) is 0 Å². The second-order valence-electron chi connectivity index (χ2n) is 11.4. The van der Waals surface area contributed by atoms with Crippen molar-refractivity contribution in [2.24, 2.45) is 0 Å². The van der Waals surface area contributed by atoms with Crippen molar-refractivity contribution in [3.63, 3.8) is 0 Å². The van der Waals surface area contributed by atoms with Gasteiger partial charge in [-0.25, -0.2) is 19.9 Å². The van der Waals surface area contributed by atoms with Gasteiger partial charge < -0.3 is 4.42 Å². The number of furan rings is 1. The van der Waals surface area contributed by atoms with Gasteiger partial charge in [-0.2, -0.15) is 0 Å². The lowest BCUT2D eigenvalue weighted by atomic mass is 10.0. The molecule has 7 heteroatoms. The number of para-hydroxylation sites is 1. The van der Waals surface area contributed by atoms with Crippen LogP contribution in [0, 0.1) is 0 Å². The summed E-state index contributed by atoms with van der Waals surface area (Å²) < 4.78 is 10.0. The fourth-order valence-electron chi connectivity index (χ4n) is 6.44. The van der Waals surface area contributed by atoms with Gasteiger partial charge in [-0.15, -0.1) is 22.7 Å². The molecule has 10 rings (SSSR count). The van der Waals surface area contributed by atoms with E-state index in [0.29, 0.717) is 17.5 Å². The summed E-state index contributed by atoms with van der Waals surface area (Å²) in [6.07, 6.45) is 0. The number of fused-ring (bicyclic) bond motifs is 7. The van der Waals surface area contributed by atoms with Gasteiger partial charge >= 0.3 is 0 Å². The van der Waals surface area contributed by atoms with Crippen LogP contribution >= 0.6 is 22.7 Å². The van der Waals surface area contributed by atoms with E-state index in [2.05, 4.69) is 54.6 Å². The maximum Gasteiger partial charge on any atom is 0.167 e. The molecule has 0 fully saturated rings. The molecular formula is C40H22N4OS2. The van der Waals surface area contributed by atoms with Crippen molar-refractivity contribution < 1.29 is 4.42 Å². The highest BCUT2D eigenvalue weighted by atomic mass is 32.1. The Morgan fingerprint density at radius 3 is 1.87 bits per heavy atom. The number of aromatic nitrogens is 4. The van der Waals surface area contributed by atoms with Gasteiger partial charge in [0, 0.05) is 53.7 Å². The Morgan fingerprint density at radius 2 is 1.11 bits per heavy atom.